The van der Waals surface area contributed by atoms with E-state index in [-0.39, 0.29) is 5.78 Å². The Morgan fingerprint density at radius 3 is 2.77 bits per heavy atom. The number of rotatable bonds is 3. The highest BCUT2D eigenvalue weighted by Gasteiger charge is 2.29. The Labute approximate surface area is 76.7 Å². The van der Waals surface area contributed by atoms with E-state index in [1.54, 1.807) is 6.08 Å². The van der Waals surface area contributed by atoms with Crippen molar-refractivity contribution in [2.24, 2.45) is 0 Å². The minimum absolute atomic E-state index is 0.346. The number of hydrogen-bond acceptors (Lipinski definition) is 4. The van der Waals surface area contributed by atoms with Gasteiger partial charge in [0.15, 0.2) is 5.78 Å². The Morgan fingerprint density at radius 1 is 1.62 bits per heavy atom. The van der Waals surface area contributed by atoms with E-state index in [4.69, 9.17) is 14.8 Å². The molecule has 0 spiro atoms. The number of ketones is 1. The third-order valence-electron chi connectivity index (χ3n) is 1.71. The van der Waals surface area contributed by atoms with Gasteiger partial charge in [-0.2, -0.15) is 0 Å². The van der Waals surface area contributed by atoms with Gasteiger partial charge >= 0.3 is 7.12 Å². The summed E-state index contributed by atoms with van der Waals surface area (Å²) in [5.74, 6) is -0.741. The Morgan fingerprint density at radius 2 is 2.31 bits per heavy atom. The van der Waals surface area contributed by atoms with E-state index < -0.39 is 12.9 Å². The van der Waals surface area contributed by atoms with Crippen LogP contribution in [0.4, 0.5) is 0 Å². The number of allylic oxidation sites excluding steroid dienone is 3. The maximum Gasteiger partial charge on any atom is 0.466 e. The van der Waals surface area contributed by atoms with Gasteiger partial charge in [0.05, 0.1) is 12.4 Å². The second kappa shape index (κ2) is 4.25. The second-order valence-electron chi connectivity index (χ2n) is 2.68. The molecule has 1 aliphatic rings. The monoisotopic (exact) mass is 182 g/mol. The number of hydrogen-bond donors (Lipinski definition) is 2. The molecule has 1 aliphatic carbocycles. The molecular formula is C8H11BO4. The molecule has 0 aromatic heterocycles. The van der Waals surface area contributed by atoms with Crippen molar-refractivity contribution in [1.82, 2.24) is 0 Å². The van der Waals surface area contributed by atoms with Gasteiger partial charge in [-0.25, -0.2) is 0 Å². The van der Waals surface area contributed by atoms with Crippen molar-refractivity contribution >= 4 is 12.9 Å². The Bertz CT molecular complexity index is 257. The molecule has 0 amide bonds. The Kier molecular flexibility index (Phi) is 3.28. The number of ether oxygens (including phenoxy) is 1. The van der Waals surface area contributed by atoms with E-state index >= 15 is 0 Å². The van der Waals surface area contributed by atoms with Crippen LogP contribution in [0, 0.1) is 0 Å². The van der Waals surface area contributed by atoms with Crippen LogP contribution < -0.4 is 0 Å². The van der Waals surface area contributed by atoms with Crippen LogP contribution in [0.2, 0.25) is 5.82 Å². The molecule has 0 aromatic carbocycles. The third-order valence-corrected chi connectivity index (χ3v) is 1.71. The van der Waals surface area contributed by atoms with Crippen molar-refractivity contribution in [2.45, 2.75) is 12.7 Å². The summed E-state index contributed by atoms with van der Waals surface area (Å²) in [6, 6.07) is 0. The van der Waals surface area contributed by atoms with Gasteiger partial charge in [-0.05, 0) is 13.0 Å². The van der Waals surface area contributed by atoms with Gasteiger partial charge in [0.2, 0.25) is 0 Å². The normalized spacial score (nSPS) is 21.3. The predicted molar refractivity (Wildman–Crippen MR) is 47.8 cm³/mol. The van der Waals surface area contributed by atoms with Gasteiger partial charge in [0.1, 0.15) is 5.76 Å². The van der Waals surface area contributed by atoms with Crippen LogP contribution in [0.25, 0.3) is 0 Å². The summed E-state index contributed by atoms with van der Waals surface area (Å²) in [7, 11) is -1.64. The smallest absolute Gasteiger partial charge is 0.466 e. The zero-order chi connectivity index (χ0) is 9.84. The van der Waals surface area contributed by atoms with Gasteiger partial charge in [-0.3, -0.25) is 4.79 Å². The molecule has 0 saturated carbocycles. The first-order chi connectivity index (χ1) is 6.15. The fraction of sp³-hybridized carbons (Fsp3) is 0.375. The summed E-state index contributed by atoms with van der Waals surface area (Å²) >= 11 is 0. The topological polar surface area (TPSA) is 66.8 Å². The van der Waals surface area contributed by atoms with Crippen LogP contribution in [0.1, 0.15) is 6.92 Å². The van der Waals surface area contributed by atoms with E-state index in [1.165, 1.54) is 12.2 Å². The fourth-order valence-corrected chi connectivity index (χ4v) is 1.08. The lowest BCUT2D eigenvalue weighted by atomic mass is 9.69. The van der Waals surface area contributed by atoms with E-state index in [9.17, 15) is 4.79 Å². The summed E-state index contributed by atoms with van der Waals surface area (Å²) in [5, 5.41) is 17.6. The average molecular weight is 182 g/mol. The largest absolute Gasteiger partial charge is 0.494 e. The van der Waals surface area contributed by atoms with Gasteiger partial charge in [-0.15, -0.1) is 0 Å². The molecule has 0 aromatic rings. The molecule has 13 heavy (non-hydrogen) atoms. The molecule has 4 nitrogen and oxygen atoms in total. The molecule has 1 atom stereocenters. The lowest BCUT2D eigenvalue weighted by molar-refractivity contribution is -0.114. The van der Waals surface area contributed by atoms with Crippen molar-refractivity contribution < 1.29 is 19.6 Å². The fourth-order valence-electron chi connectivity index (χ4n) is 1.08. The van der Waals surface area contributed by atoms with Crippen LogP contribution in [0.15, 0.2) is 24.0 Å². The van der Waals surface area contributed by atoms with Crippen LogP contribution in [0.3, 0.4) is 0 Å². The highest BCUT2D eigenvalue weighted by molar-refractivity contribution is 6.51. The van der Waals surface area contributed by atoms with Crippen molar-refractivity contribution in [3.05, 3.63) is 24.0 Å². The molecule has 1 rings (SSSR count). The first-order valence-electron chi connectivity index (χ1n) is 4.08. The zero-order valence-corrected chi connectivity index (χ0v) is 7.30. The number of carbonyl (C=O) groups is 1. The first kappa shape index (κ1) is 10.0. The average Bonchev–Trinajstić information content (AvgIpc) is 2.04. The molecule has 0 heterocycles. The van der Waals surface area contributed by atoms with E-state index in [2.05, 4.69) is 0 Å². The molecule has 2 N–H and O–H groups in total. The van der Waals surface area contributed by atoms with Crippen molar-refractivity contribution in [3.8, 4) is 0 Å². The molecular weight excluding hydrogens is 171 g/mol. The molecule has 5 heteroatoms. The van der Waals surface area contributed by atoms with Crippen molar-refractivity contribution in [1.29, 1.82) is 0 Å². The summed E-state index contributed by atoms with van der Waals surface area (Å²) in [6.45, 7) is 2.29. The van der Waals surface area contributed by atoms with Crippen molar-refractivity contribution in [3.63, 3.8) is 0 Å². The summed E-state index contributed by atoms with van der Waals surface area (Å²) in [5.41, 5.74) is 0. The van der Waals surface area contributed by atoms with Crippen molar-refractivity contribution in [2.75, 3.05) is 6.61 Å². The molecule has 0 saturated heterocycles. The van der Waals surface area contributed by atoms with Gasteiger partial charge in [-0.1, -0.05) is 6.08 Å². The van der Waals surface area contributed by atoms with Crippen LogP contribution >= 0.6 is 0 Å². The molecule has 0 bridgehead atoms. The van der Waals surface area contributed by atoms with E-state index in [0.29, 0.717) is 12.4 Å². The van der Waals surface area contributed by atoms with E-state index in [1.807, 2.05) is 6.92 Å². The third kappa shape index (κ3) is 2.43. The second-order valence-corrected chi connectivity index (χ2v) is 2.68. The summed E-state index contributed by atoms with van der Waals surface area (Å²) < 4.78 is 5.07. The SMILES string of the molecule is CCOC1=CC(=O)C(B(O)O)C=C1. The first-order valence-corrected chi connectivity index (χ1v) is 4.08. The Hall–Kier alpha value is -1.07. The summed E-state index contributed by atoms with van der Waals surface area (Å²) in [4.78, 5) is 11.2. The predicted octanol–water partition coefficient (Wildman–Crippen LogP) is -0.111. The molecule has 70 valence electrons. The quantitative estimate of drug-likeness (QED) is 0.597. The minimum Gasteiger partial charge on any atom is -0.494 e. The molecule has 0 fully saturated rings. The van der Waals surface area contributed by atoms with E-state index in [0.717, 1.165) is 0 Å². The maximum absolute atomic E-state index is 11.2. The van der Waals surface area contributed by atoms with Gasteiger partial charge < -0.3 is 14.8 Å². The zero-order valence-electron chi connectivity index (χ0n) is 7.30. The summed E-state index contributed by atoms with van der Waals surface area (Å²) in [6.07, 6.45) is 4.26. The van der Waals surface area contributed by atoms with Crippen LogP contribution in [-0.4, -0.2) is 29.6 Å². The highest BCUT2D eigenvalue weighted by atomic mass is 16.5. The van der Waals surface area contributed by atoms with Gasteiger partial charge in [0.25, 0.3) is 0 Å². The maximum atomic E-state index is 11.2. The van der Waals surface area contributed by atoms with Crippen LogP contribution in [-0.2, 0) is 9.53 Å². The molecule has 0 aliphatic heterocycles. The lowest BCUT2D eigenvalue weighted by Crippen LogP contribution is -2.26. The van der Waals surface area contributed by atoms with Crippen LogP contribution in [0.5, 0.6) is 0 Å². The lowest BCUT2D eigenvalue weighted by Gasteiger charge is -2.13. The standard InChI is InChI=1S/C8H11BO4/c1-2-13-6-3-4-7(9(11)12)8(10)5-6/h3-5,7,11-12H,2H2,1H3. The Balaban J connectivity index is 2.67. The molecule has 1 unspecified atom stereocenters. The minimum atomic E-state index is -1.64. The highest BCUT2D eigenvalue weighted by Crippen LogP contribution is 2.19. The molecule has 0 radical (unpaired) electrons. The van der Waals surface area contributed by atoms with Gasteiger partial charge in [0, 0.05) is 6.08 Å². The number of carbonyl (C=O) groups excluding carboxylic acids is 1.